The van der Waals surface area contributed by atoms with Crippen molar-refractivity contribution >= 4 is 16.8 Å². The summed E-state index contributed by atoms with van der Waals surface area (Å²) >= 11 is 0. The first-order chi connectivity index (χ1) is 9.24. The van der Waals surface area contributed by atoms with Gasteiger partial charge in [-0.25, -0.2) is 0 Å². The van der Waals surface area contributed by atoms with Crippen LogP contribution in [0.25, 0.3) is 10.9 Å². The molecule has 2 N–H and O–H groups in total. The molecular weight excluding hydrogens is 240 g/mol. The van der Waals surface area contributed by atoms with Crippen LogP contribution in [0.15, 0.2) is 36.5 Å². The fraction of sp³-hybridized carbons (Fsp3) is 0.333. The van der Waals surface area contributed by atoms with Crippen molar-refractivity contribution in [2.75, 3.05) is 13.2 Å². The van der Waals surface area contributed by atoms with E-state index in [1.165, 1.54) is 0 Å². The lowest BCUT2D eigenvalue weighted by molar-refractivity contribution is 0.0937. The lowest BCUT2D eigenvalue weighted by atomic mass is 10.1. The highest BCUT2D eigenvalue weighted by Gasteiger charge is 2.42. The van der Waals surface area contributed by atoms with Crippen molar-refractivity contribution in [1.82, 2.24) is 10.3 Å². The first kappa shape index (κ1) is 12.1. The van der Waals surface area contributed by atoms with Crippen LogP contribution in [0.5, 0.6) is 0 Å². The first-order valence-corrected chi connectivity index (χ1v) is 6.47. The smallest absolute Gasteiger partial charge is 0.252 e. The first-order valence-electron chi connectivity index (χ1n) is 6.47. The van der Waals surface area contributed by atoms with Crippen molar-refractivity contribution in [2.24, 2.45) is 5.41 Å². The molecule has 1 aromatic heterocycles. The molecule has 1 amide bonds. The van der Waals surface area contributed by atoms with Gasteiger partial charge in [0.05, 0.1) is 17.7 Å². The van der Waals surface area contributed by atoms with Gasteiger partial charge in [-0.05, 0) is 25.0 Å². The van der Waals surface area contributed by atoms with Crippen LogP contribution in [0.2, 0.25) is 0 Å². The number of carbonyl (C=O) groups is 1. The molecule has 1 aromatic carbocycles. The highest BCUT2D eigenvalue weighted by Crippen LogP contribution is 2.44. The van der Waals surface area contributed by atoms with Crippen molar-refractivity contribution < 1.29 is 9.90 Å². The van der Waals surface area contributed by atoms with E-state index in [0.29, 0.717) is 12.1 Å². The van der Waals surface area contributed by atoms with Crippen LogP contribution < -0.4 is 5.32 Å². The SMILES string of the molecule is O=C(NCC1(CO)CC1)c1ccnc2ccccc12. The quantitative estimate of drug-likeness (QED) is 0.875. The molecule has 1 fully saturated rings. The van der Waals surface area contributed by atoms with Crippen LogP contribution in [0.1, 0.15) is 23.2 Å². The van der Waals surface area contributed by atoms with Gasteiger partial charge in [-0.3, -0.25) is 9.78 Å². The summed E-state index contributed by atoms with van der Waals surface area (Å²) in [6.07, 6.45) is 3.62. The Balaban J connectivity index is 1.82. The Bertz CT molecular complexity index is 615. The summed E-state index contributed by atoms with van der Waals surface area (Å²) < 4.78 is 0. The number of rotatable bonds is 4. The molecular formula is C15H16N2O2. The van der Waals surface area contributed by atoms with Crippen LogP contribution >= 0.6 is 0 Å². The summed E-state index contributed by atoms with van der Waals surface area (Å²) in [6.45, 7) is 0.684. The van der Waals surface area contributed by atoms with E-state index in [1.807, 2.05) is 24.3 Å². The molecule has 0 radical (unpaired) electrons. The predicted molar refractivity (Wildman–Crippen MR) is 72.8 cm³/mol. The largest absolute Gasteiger partial charge is 0.396 e. The fourth-order valence-corrected chi connectivity index (χ4v) is 2.22. The van der Waals surface area contributed by atoms with Crippen LogP contribution in [0.3, 0.4) is 0 Å². The van der Waals surface area contributed by atoms with Gasteiger partial charge in [0.2, 0.25) is 0 Å². The molecule has 0 bridgehead atoms. The monoisotopic (exact) mass is 256 g/mol. The van der Waals surface area contributed by atoms with Crippen molar-refractivity contribution in [3.05, 3.63) is 42.1 Å². The maximum absolute atomic E-state index is 12.2. The second kappa shape index (κ2) is 4.63. The summed E-state index contributed by atoms with van der Waals surface area (Å²) in [7, 11) is 0. The Hall–Kier alpha value is -1.94. The van der Waals surface area contributed by atoms with Crippen LogP contribution in [-0.4, -0.2) is 29.1 Å². The number of pyridine rings is 1. The lowest BCUT2D eigenvalue weighted by Gasteiger charge is -2.13. The molecule has 0 spiro atoms. The molecule has 0 saturated heterocycles. The number of hydrogen-bond donors (Lipinski definition) is 2. The third-order valence-corrected chi connectivity index (χ3v) is 3.81. The molecule has 1 saturated carbocycles. The maximum atomic E-state index is 12.2. The van der Waals surface area contributed by atoms with Crippen molar-refractivity contribution in [1.29, 1.82) is 0 Å². The average Bonchev–Trinajstić information content (AvgIpc) is 3.25. The highest BCUT2D eigenvalue weighted by atomic mass is 16.3. The Morgan fingerprint density at radius 3 is 2.84 bits per heavy atom. The van der Waals surface area contributed by atoms with E-state index >= 15 is 0 Å². The summed E-state index contributed by atoms with van der Waals surface area (Å²) in [5.74, 6) is -0.0988. The van der Waals surface area contributed by atoms with E-state index < -0.39 is 0 Å². The van der Waals surface area contributed by atoms with E-state index in [9.17, 15) is 9.90 Å². The normalized spacial score (nSPS) is 16.3. The standard InChI is InChI=1S/C15H16N2O2/c18-10-15(6-7-15)9-17-14(19)12-5-8-16-13-4-2-1-3-11(12)13/h1-5,8,18H,6-7,9-10H2,(H,17,19). The highest BCUT2D eigenvalue weighted by molar-refractivity contribution is 6.05. The molecule has 4 nitrogen and oxygen atoms in total. The molecule has 4 heteroatoms. The number of hydrogen-bond acceptors (Lipinski definition) is 3. The Morgan fingerprint density at radius 1 is 1.32 bits per heavy atom. The number of aromatic nitrogens is 1. The number of amides is 1. The van der Waals surface area contributed by atoms with E-state index in [2.05, 4.69) is 10.3 Å². The average molecular weight is 256 g/mol. The van der Waals surface area contributed by atoms with E-state index in [1.54, 1.807) is 12.3 Å². The minimum absolute atomic E-state index is 0.0709. The summed E-state index contributed by atoms with van der Waals surface area (Å²) in [5, 5.41) is 13.0. The van der Waals surface area contributed by atoms with Gasteiger partial charge in [0.25, 0.3) is 5.91 Å². The maximum Gasteiger partial charge on any atom is 0.252 e. The van der Waals surface area contributed by atoms with E-state index in [0.717, 1.165) is 23.7 Å². The van der Waals surface area contributed by atoms with E-state index in [-0.39, 0.29) is 17.9 Å². The van der Waals surface area contributed by atoms with Gasteiger partial charge in [0.1, 0.15) is 0 Å². The molecule has 19 heavy (non-hydrogen) atoms. The number of nitrogens with zero attached hydrogens (tertiary/aromatic N) is 1. The van der Waals surface area contributed by atoms with E-state index in [4.69, 9.17) is 0 Å². The van der Waals surface area contributed by atoms with Crippen molar-refractivity contribution in [3.63, 3.8) is 0 Å². The van der Waals surface area contributed by atoms with Crippen molar-refractivity contribution in [3.8, 4) is 0 Å². The van der Waals surface area contributed by atoms with Crippen molar-refractivity contribution in [2.45, 2.75) is 12.8 Å². The fourth-order valence-electron chi connectivity index (χ4n) is 2.22. The molecule has 1 aliphatic rings. The molecule has 2 aromatic rings. The minimum Gasteiger partial charge on any atom is -0.396 e. The molecule has 0 unspecified atom stereocenters. The molecule has 98 valence electrons. The Kier molecular flexibility index (Phi) is 2.95. The lowest BCUT2D eigenvalue weighted by Crippen LogP contribution is -2.32. The number of para-hydroxylation sites is 1. The minimum atomic E-state index is -0.0988. The van der Waals surface area contributed by atoms with Gasteiger partial charge in [-0.15, -0.1) is 0 Å². The number of aliphatic hydroxyl groups excluding tert-OH is 1. The van der Waals surface area contributed by atoms with Gasteiger partial charge in [-0.2, -0.15) is 0 Å². The van der Waals surface area contributed by atoms with Gasteiger partial charge in [-0.1, -0.05) is 18.2 Å². The molecule has 1 aliphatic carbocycles. The molecule has 0 atom stereocenters. The molecule has 0 aliphatic heterocycles. The zero-order valence-electron chi connectivity index (χ0n) is 10.6. The van der Waals surface area contributed by atoms with Gasteiger partial charge >= 0.3 is 0 Å². The van der Waals surface area contributed by atoms with Gasteiger partial charge in [0, 0.05) is 23.5 Å². The molecule has 3 rings (SSSR count). The zero-order chi connectivity index (χ0) is 13.3. The third kappa shape index (κ3) is 2.31. The number of nitrogens with one attached hydrogen (secondary N) is 1. The second-order valence-corrected chi connectivity index (χ2v) is 5.22. The third-order valence-electron chi connectivity index (χ3n) is 3.81. The molecule has 1 heterocycles. The van der Waals surface area contributed by atoms with Crippen LogP contribution in [0.4, 0.5) is 0 Å². The summed E-state index contributed by atoms with van der Waals surface area (Å²) in [6, 6.07) is 9.33. The summed E-state index contributed by atoms with van der Waals surface area (Å²) in [4.78, 5) is 16.5. The topological polar surface area (TPSA) is 62.2 Å². The van der Waals surface area contributed by atoms with Gasteiger partial charge in [0.15, 0.2) is 0 Å². The predicted octanol–water partition coefficient (Wildman–Crippen LogP) is 1.74. The summed E-state index contributed by atoms with van der Waals surface area (Å²) in [5.41, 5.74) is 1.39. The Morgan fingerprint density at radius 2 is 2.11 bits per heavy atom. The zero-order valence-corrected chi connectivity index (χ0v) is 10.6. The number of benzene rings is 1. The number of aliphatic hydroxyl groups is 1. The Labute approximate surface area is 111 Å². The van der Waals surface area contributed by atoms with Gasteiger partial charge < -0.3 is 10.4 Å². The number of fused-ring (bicyclic) bond motifs is 1. The van der Waals surface area contributed by atoms with Crippen LogP contribution in [0, 0.1) is 5.41 Å². The van der Waals surface area contributed by atoms with Crippen LogP contribution in [-0.2, 0) is 0 Å². The number of carbonyl (C=O) groups excluding carboxylic acids is 1. The second-order valence-electron chi connectivity index (χ2n) is 5.22.